The predicted octanol–water partition coefficient (Wildman–Crippen LogP) is 0.109. The van der Waals surface area contributed by atoms with E-state index in [1.165, 1.54) is 0 Å². The van der Waals surface area contributed by atoms with Crippen LogP contribution in [0.2, 0.25) is 0 Å². The van der Waals surface area contributed by atoms with Gasteiger partial charge in [-0.3, -0.25) is 4.72 Å². The van der Waals surface area contributed by atoms with Crippen molar-refractivity contribution in [2.75, 3.05) is 10.5 Å². The van der Waals surface area contributed by atoms with E-state index in [2.05, 4.69) is 15.2 Å². The minimum absolute atomic E-state index is 0.353. The van der Waals surface area contributed by atoms with Crippen molar-refractivity contribution in [3.05, 3.63) is 6.33 Å². The number of halogens is 3. The molecule has 0 saturated heterocycles. The molecule has 80 valence electrons. The normalized spacial score (nSPS) is 12.8. The Balaban J connectivity index is 2.69. The van der Waals surface area contributed by atoms with Gasteiger partial charge < -0.3 is 0 Å². The summed E-state index contributed by atoms with van der Waals surface area (Å²) in [6, 6.07) is 0. The van der Waals surface area contributed by atoms with E-state index in [1.807, 2.05) is 0 Å². The maximum Gasteiger partial charge on any atom is 0.404 e. The molecule has 0 bridgehead atoms. The average molecular weight is 230 g/mol. The molecular weight excluding hydrogens is 225 g/mol. The summed E-state index contributed by atoms with van der Waals surface area (Å²) in [5, 5.41) is 5.32. The number of hydrogen-bond donors (Lipinski definition) is 2. The SMILES string of the molecule is O=S(=O)(CC(F)(F)F)Nc1ncn[nH]1. The second kappa shape index (κ2) is 3.44. The number of rotatable bonds is 3. The summed E-state index contributed by atoms with van der Waals surface area (Å²) in [5.74, 6) is -2.31. The highest BCUT2D eigenvalue weighted by Gasteiger charge is 2.35. The number of nitrogens with zero attached hydrogens (tertiary/aromatic N) is 2. The quantitative estimate of drug-likeness (QED) is 0.771. The molecule has 10 heteroatoms. The highest BCUT2D eigenvalue weighted by atomic mass is 32.2. The van der Waals surface area contributed by atoms with Crippen molar-refractivity contribution in [2.24, 2.45) is 0 Å². The largest absolute Gasteiger partial charge is 0.404 e. The van der Waals surface area contributed by atoms with Gasteiger partial charge in [-0.1, -0.05) is 0 Å². The van der Waals surface area contributed by atoms with Crippen LogP contribution in [0.1, 0.15) is 0 Å². The first-order valence-corrected chi connectivity index (χ1v) is 4.86. The van der Waals surface area contributed by atoms with Crippen LogP contribution in [0.3, 0.4) is 0 Å². The smallest absolute Gasteiger partial charge is 0.251 e. The first kappa shape index (κ1) is 10.8. The number of H-pyrrole nitrogens is 1. The molecule has 0 saturated carbocycles. The molecule has 0 radical (unpaired) electrons. The standard InChI is InChI=1S/C4H5F3N4O2S/c5-4(6,7)1-14(12,13)11-3-8-2-9-10-3/h2H,1H2,(H2,8,9,10,11). The second-order valence-corrected chi connectivity index (χ2v) is 4.03. The van der Waals surface area contributed by atoms with Crippen molar-refractivity contribution in [2.45, 2.75) is 6.18 Å². The molecule has 0 aliphatic rings. The summed E-state index contributed by atoms with van der Waals surface area (Å²) < 4.78 is 58.3. The minimum atomic E-state index is -4.79. The Kier molecular flexibility index (Phi) is 2.64. The fraction of sp³-hybridized carbons (Fsp3) is 0.500. The van der Waals surface area contributed by atoms with E-state index in [0.29, 0.717) is 0 Å². The molecule has 0 amide bonds. The maximum atomic E-state index is 11.7. The fourth-order valence-electron chi connectivity index (χ4n) is 0.653. The van der Waals surface area contributed by atoms with Crippen molar-refractivity contribution in [1.29, 1.82) is 0 Å². The van der Waals surface area contributed by atoms with Crippen molar-refractivity contribution in [1.82, 2.24) is 15.2 Å². The van der Waals surface area contributed by atoms with Gasteiger partial charge in [-0.2, -0.15) is 23.3 Å². The van der Waals surface area contributed by atoms with Gasteiger partial charge in [0.15, 0.2) is 5.75 Å². The average Bonchev–Trinajstić information content (AvgIpc) is 2.31. The van der Waals surface area contributed by atoms with Crippen molar-refractivity contribution in [3.63, 3.8) is 0 Å². The van der Waals surface area contributed by atoms with Crippen LogP contribution in [0, 0.1) is 0 Å². The van der Waals surface area contributed by atoms with Gasteiger partial charge in [0.1, 0.15) is 6.33 Å². The van der Waals surface area contributed by atoms with Crippen LogP contribution >= 0.6 is 0 Å². The van der Waals surface area contributed by atoms with Gasteiger partial charge in [-0.15, -0.1) is 0 Å². The van der Waals surface area contributed by atoms with E-state index in [4.69, 9.17) is 0 Å². The van der Waals surface area contributed by atoms with E-state index < -0.39 is 22.0 Å². The number of sulfonamides is 1. The lowest BCUT2D eigenvalue weighted by atomic mass is 10.8. The molecule has 6 nitrogen and oxygen atoms in total. The van der Waals surface area contributed by atoms with E-state index >= 15 is 0 Å². The van der Waals surface area contributed by atoms with Gasteiger partial charge in [0.2, 0.25) is 16.0 Å². The lowest BCUT2D eigenvalue weighted by Crippen LogP contribution is -2.28. The summed E-state index contributed by atoms with van der Waals surface area (Å²) >= 11 is 0. The first-order valence-electron chi connectivity index (χ1n) is 3.21. The van der Waals surface area contributed by atoms with Crippen LogP contribution in [-0.4, -0.2) is 35.5 Å². The monoisotopic (exact) mass is 230 g/mol. The lowest BCUT2D eigenvalue weighted by Gasteiger charge is -2.07. The summed E-state index contributed by atoms with van der Waals surface area (Å²) in [5.41, 5.74) is 0. The van der Waals surface area contributed by atoms with Crippen molar-refractivity contribution >= 4 is 16.0 Å². The Morgan fingerprint density at radius 3 is 2.57 bits per heavy atom. The third kappa shape index (κ3) is 3.60. The third-order valence-electron chi connectivity index (χ3n) is 1.02. The number of alkyl halides is 3. The molecule has 1 heterocycles. The second-order valence-electron chi connectivity index (χ2n) is 2.31. The summed E-state index contributed by atoms with van der Waals surface area (Å²) in [4.78, 5) is 3.31. The Morgan fingerprint density at radius 1 is 1.50 bits per heavy atom. The third-order valence-corrected chi connectivity index (χ3v) is 2.23. The number of aromatic nitrogens is 3. The molecule has 0 spiro atoms. The van der Waals surface area contributed by atoms with Crippen molar-refractivity contribution in [3.8, 4) is 0 Å². The molecule has 0 aromatic carbocycles. The van der Waals surface area contributed by atoms with Gasteiger partial charge in [0.25, 0.3) is 0 Å². The zero-order valence-electron chi connectivity index (χ0n) is 6.54. The molecule has 0 unspecified atom stereocenters. The molecule has 0 aliphatic carbocycles. The van der Waals surface area contributed by atoms with Gasteiger partial charge in [0.05, 0.1) is 0 Å². The number of nitrogens with one attached hydrogen (secondary N) is 2. The predicted molar refractivity (Wildman–Crippen MR) is 39.8 cm³/mol. The molecule has 14 heavy (non-hydrogen) atoms. The van der Waals surface area contributed by atoms with Crippen LogP contribution in [0.25, 0.3) is 0 Å². The summed E-state index contributed by atoms with van der Waals surface area (Å²) in [6.07, 6.45) is -3.82. The molecule has 1 aromatic rings. The first-order chi connectivity index (χ1) is 6.29. The number of aromatic amines is 1. The Morgan fingerprint density at radius 2 is 2.14 bits per heavy atom. The van der Waals surface area contributed by atoms with Crippen molar-refractivity contribution < 1.29 is 21.6 Å². The highest BCUT2D eigenvalue weighted by Crippen LogP contribution is 2.17. The van der Waals surface area contributed by atoms with E-state index in [9.17, 15) is 21.6 Å². The number of hydrogen-bond acceptors (Lipinski definition) is 4. The molecule has 1 aromatic heterocycles. The van der Waals surface area contributed by atoms with Gasteiger partial charge >= 0.3 is 6.18 Å². The molecule has 0 aliphatic heterocycles. The topological polar surface area (TPSA) is 87.7 Å². The highest BCUT2D eigenvalue weighted by molar-refractivity contribution is 7.92. The lowest BCUT2D eigenvalue weighted by molar-refractivity contribution is -0.106. The van der Waals surface area contributed by atoms with E-state index in [1.54, 1.807) is 4.72 Å². The van der Waals surface area contributed by atoms with Gasteiger partial charge in [0, 0.05) is 0 Å². The van der Waals surface area contributed by atoms with Crippen LogP contribution in [0.5, 0.6) is 0 Å². The van der Waals surface area contributed by atoms with E-state index in [-0.39, 0.29) is 5.95 Å². The zero-order valence-corrected chi connectivity index (χ0v) is 7.35. The molecule has 0 atom stereocenters. The van der Waals surface area contributed by atoms with Crippen LogP contribution in [0.4, 0.5) is 19.1 Å². The van der Waals surface area contributed by atoms with Gasteiger partial charge in [-0.25, -0.2) is 13.5 Å². The number of anilines is 1. The molecule has 1 rings (SSSR count). The Labute approximate surface area is 76.6 Å². The zero-order chi connectivity index (χ0) is 10.8. The van der Waals surface area contributed by atoms with Crippen LogP contribution in [-0.2, 0) is 10.0 Å². The fourth-order valence-corrected chi connectivity index (χ4v) is 1.55. The Hall–Kier alpha value is -1.32. The van der Waals surface area contributed by atoms with E-state index in [0.717, 1.165) is 6.33 Å². The molecular formula is C4H5F3N4O2S. The summed E-state index contributed by atoms with van der Waals surface area (Å²) in [7, 11) is -4.47. The van der Waals surface area contributed by atoms with Crippen LogP contribution in [0.15, 0.2) is 6.33 Å². The Bertz CT molecular complexity index is 383. The summed E-state index contributed by atoms with van der Waals surface area (Å²) in [6.45, 7) is 0. The molecule has 2 N–H and O–H groups in total. The minimum Gasteiger partial charge on any atom is -0.251 e. The molecule has 0 fully saturated rings. The maximum absolute atomic E-state index is 11.7. The van der Waals surface area contributed by atoms with Crippen LogP contribution < -0.4 is 4.72 Å². The van der Waals surface area contributed by atoms with Gasteiger partial charge in [-0.05, 0) is 0 Å².